The van der Waals surface area contributed by atoms with Crippen LogP contribution in [0.1, 0.15) is 62.3 Å². The fraction of sp³-hybridized carbons (Fsp3) is 0.538. The van der Waals surface area contributed by atoms with Gasteiger partial charge < -0.3 is 15.4 Å². The van der Waals surface area contributed by atoms with Gasteiger partial charge >= 0.3 is 0 Å². The molecular weight excluding hydrogens is 511 g/mol. The Bertz CT molecular complexity index is 810. The average molecular weight is 551 g/mol. The first-order valence-electron chi connectivity index (χ1n) is 11.7. The number of aliphatic imine (C=N–C) groups is 1. The van der Waals surface area contributed by atoms with Gasteiger partial charge in [-0.25, -0.2) is 0 Å². The molecule has 0 amide bonds. The highest BCUT2D eigenvalue weighted by molar-refractivity contribution is 14.0. The molecule has 3 rings (SSSR count). The Morgan fingerprint density at radius 1 is 1.19 bits per heavy atom. The van der Waals surface area contributed by atoms with Crippen molar-refractivity contribution in [2.45, 2.75) is 52.6 Å². The van der Waals surface area contributed by atoms with Crippen LogP contribution in [0.3, 0.4) is 0 Å². The smallest absolute Gasteiger partial charge is 0.191 e. The fourth-order valence-corrected chi connectivity index (χ4v) is 4.23. The van der Waals surface area contributed by atoms with E-state index in [1.165, 1.54) is 16.7 Å². The van der Waals surface area contributed by atoms with Gasteiger partial charge in [0.05, 0.1) is 6.10 Å². The van der Waals surface area contributed by atoms with Crippen molar-refractivity contribution in [2.24, 2.45) is 16.8 Å². The second-order valence-corrected chi connectivity index (χ2v) is 8.84. The second-order valence-electron chi connectivity index (χ2n) is 8.84. The zero-order valence-corrected chi connectivity index (χ0v) is 22.2. The molecule has 0 aliphatic carbocycles. The van der Waals surface area contributed by atoms with E-state index in [1.807, 2.05) is 18.5 Å². The van der Waals surface area contributed by atoms with Crippen LogP contribution in [0.4, 0.5) is 0 Å². The van der Waals surface area contributed by atoms with Gasteiger partial charge in [0, 0.05) is 50.5 Å². The number of halogens is 1. The molecular formula is C26H39IN4O. The van der Waals surface area contributed by atoms with Crippen LogP contribution in [0.25, 0.3) is 0 Å². The monoisotopic (exact) mass is 550 g/mol. The third-order valence-electron chi connectivity index (χ3n) is 6.09. The zero-order valence-electron chi connectivity index (χ0n) is 19.9. The van der Waals surface area contributed by atoms with Gasteiger partial charge in [0.15, 0.2) is 5.96 Å². The standard InChI is InChI=1S/C26H38N4O.HI/c1-5-28-26(30-18-24(19(2)3)22-8-6-14-27-16-22)29-17-23-9-7-15-31-25(23)21-12-10-20(4)11-13-21;/h6,8,10-14,16,19,23-25H,5,7,9,15,17-18H2,1-4H3,(H2,28,29,30);1H. The molecule has 1 fully saturated rings. The largest absolute Gasteiger partial charge is 0.373 e. The highest BCUT2D eigenvalue weighted by atomic mass is 127. The second kappa shape index (κ2) is 13.8. The number of nitrogens with one attached hydrogen (secondary N) is 2. The molecule has 3 atom stereocenters. The summed E-state index contributed by atoms with van der Waals surface area (Å²) in [4.78, 5) is 9.23. The molecule has 5 nitrogen and oxygen atoms in total. The van der Waals surface area contributed by atoms with E-state index in [9.17, 15) is 0 Å². The van der Waals surface area contributed by atoms with E-state index in [1.54, 1.807) is 0 Å². The molecule has 0 radical (unpaired) electrons. The van der Waals surface area contributed by atoms with Gasteiger partial charge in [-0.1, -0.05) is 49.7 Å². The summed E-state index contributed by atoms with van der Waals surface area (Å²) in [6.45, 7) is 12.0. The number of hydrogen-bond acceptors (Lipinski definition) is 3. The Labute approximate surface area is 210 Å². The minimum absolute atomic E-state index is 0. The molecule has 1 aromatic carbocycles. The van der Waals surface area contributed by atoms with Crippen molar-refractivity contribution < 1.29 is 4.74 Å². The highest BCUT2D eigenvalue weighted by Gasteiger charge is 2.27. The van der Waals surface area contributed by atoms with Crippen LogP contribution in [0.2, 0.25) is 0 Å². The minimum Gasteiger partial charge on any atom is -0.373 e. The number of hydrogen-bond donors (Lipinski definition) is 2. The number of guanidine groups is 1. The van der Waals surface area contributed by atoms with Crippen LogP contribution in [0, 0.1) is 18.8 Å². The Kier molecular flexibility index (Phi) is 11.4. The molecule has 2 N–H and O–H groups in total. The van der Waals surface area contributed by atoms with Gasteiger partial charge in [-0.3, -0.25) is 9.98 Å². The van der Waals surface area contributed by atoms with Crippen molar-refractivity contribution in [1.29, 1.82) is 0 Å². The Hall–Kier alpha value is -1.67. The Morgan fingerprint density at radius 2 is 1.97 bits per heavy atom. The number of aromatic nitrogens is 1. The topological polar surface area (TPSA) is 58.5 Å². The molecule has 1 saturated heterocycles. The zero-order chi connectivity index (χ0) is 22.1. The van der Waals surface area contributed by atoms with Crippen LogP contribution in [-0.4, -0.2) is 37.2 Å². The Morgan fingerprint density at radius 3 is 2.62 bits per heavy atom. The molecule has 2 aromatic rings. The molecule has 32 heavy (non-hydrogen) atoms. The quantitative estimate of drug-likeness (QED) is 0.260. The highest BCUT2D eigenvalue weighted by Crippen LogP contribution is 2.33. The summed E-state index contributed by atoms with van der Waals surface area (Å²) in [5.41, 5.74) is 3.80. The SMILES string of the molecule is CCNC(=NCC(c1cccnc1)C(C)C)NCC1CCCOC1c1ccc(C)cc1.I. The maximum Gasteiger partial charge on any atom is 0.191 e. The lowest BCUT2D eigenvalue weighted by Crippen LogP contribution is -2.42. The van der Waals surface area contributed by atoms with E-state index in [4.69, 9.17) is 9.73 Å². The molecule has 1 aliphatic rings. The summed E-state index contributed by atoms with van der Waals surface area (Å²) in [7, 11) is 0. The van der Waals surface area contributed by atoms with Crippen molar-refractivity contribution >= 4 is 29.9 Å². The number of pyridine rings is 1. The molecule has 0 bridgehead atoms. The average Bonchev–Trinajstić information content (AvgIpc) is 2.79. The van der Waals surface area contributed by atoms with Crippen LogP contribution in [0.5, 0.6) is 0 Å². The summed E-state index contributed by atoms with van der Waals surface area (Å²) < 4.78 is 6.19. The van der Waals surface area contributed by atoms with Gasteiger partial charge in [0.25, 0.3) is 0 Å². The van der Waals surface area contributed by atoms with Gasteiger partial charge in [-0.2, -0.15) is 0 Å². The van der Waals surface area contributed by atoms with Gasteiger partial charge in [-0.15, -0.1) is 24.0 Å². The first kappa shape index (κ1) is 26.6. The summed E-state index contributed by atoms with van der Waals surface area (Å²) in [6.07, 6.45) is 6.20. The van der Waals surface area contributed by atoms with Gasteiger partial charge in [-0.05, 0) is 49.8 Å². The van der Waals surface area contributed by atoms with Gasteiger partial charge in [0.1, 0.15) is 0 Å². The number of nitrogens with zero attached hydrogens (tertiary/aromatic N) is 2. The van der Waals surface area contributed by atoms with Crippen molar-refractivity contribution in [3.05, 3.63) is 65.5 Å². The molecule has 0 saturated carbocycles. The van der Waals surface area contributed by atoms with E-state index in [0.29, 0.717) is 17.8 Å². The molecule has 1 aromatic heterocycles. The lowest BCUT2D eigenvalue weighted by atomic mass is 9.89. The van der Waals surface area contributed by atoms with E-state index in [0.717, 1.165) is 45.0 Å². The van der Waals surface area contributed by atoms with E-state index < -0.39 is 0 Å². The third-order valence-corrected chi connectivity index (χ3v) is 6.09. The van der Waals surface area contributed by atoms with Crippen LogP contribution >= 0.6 is 24.0 Å². The minimum atomic E-state index is 0. The lowest BCUT2D eigenvalue weighted by molar-refractivity contribution is -0.0265. The molecule has 2 heterocycles. The normalized spacial score (nSPS) is 19.8. The molecule has 0 spiro atoms. The number of ether oxygens (including phenoxy) is 1. The summed E-state index contributed by atoms with van der Waals surface area (Å²) >= 11 is 0. The number of benzene rings is 1. The fourth-order valence-electron chi connectivity index (χ4n) is 4.23. The summed E-state index contributed by atoms with van der Waals surface area (Å²) in [6, 6.07) is 12.9. The molecule has 176 valence electrons. The molecule has 3 unspecified atom stereocenters. The first-order chi connectivity index (χ1) is 15.1. The van der Waals surface area contributed by atoms with Crippen molar-refractivity contribution in [3.8, 4) is 0 Å². The van der Waals surface area contributed by atoms with Crippen molar-refractivity contribution in [2.75, 3.05) is 26.2 Å². The predicted octanol–water partition coefficient (Wildman–Crippen LogP) is 5.47. The lowest BCUT2D eigenvalue weighted by Gasteiger charge is -2.32. The van der Waals surface area contributed by atoms with Crippen molar-refractivity contribution in [3.63, 3.8) is 0 Å². The molecule has 6 heteroatoms. The summed E-state index contributed by atoms with van der Waals surface area (Å²) in [5.74, 6) is 2.15. The third kappa shape index (κ3) is 7.73. The maximum atomic E-state index is 6.19. The number of rotatable bonds is 8. The van der Waals surface area contributed by atoms with Gasteiger partial charge in [0.2, 0.25) is 0 Å². The predicted molar refractivity (Wildman–Crippen MR) is 144 cm³/mol. The van der Waals surface area contributed by atoms with Crippen LogP contribution in [-0.2, 0) is 4.74 Å². The molecule has 1 aliphatic heterocycles. The van der Waals surface area contributed by atoms with Crippen LogP contribution < -0.4 is 10.6 Å². The van der Waals surface area contributed by atoms with Crippen molar-refractivity contribution in [1.82, 2.24) is 15.6 Å². The Balaban J connectivity index is 0.00000363. The van der Waals surface area contributed by atoms with E-state index >= 15 is 0 Å². The van der Waals surface area contributed by atoms with E-state index in [-0.39, 0.29) is 30.1 Å². The summed E-state index contributed by atoms with van der Waals surface area (Å²) in [5, 5.41) is 7.00. The maximum absolute atomic E-state index is 6.19. The first-order valence-corrected chi connectivity index (χ1v) is 11.7. The van der Waals surface area contributed by atoms with E-state index in [2.05, 4.69) is 73.6 Å². The van der Waals surface area contributed by atoms with Crippen LogP contribution in [0.15, 0.2) is 53.8 Å². The number of aryl methyl sites for hydroxylation is 1.